The third-order valence-corrected chi connectivity index (χ3v) is 6.15. The van der Waals surface area contributed by atoms with E-state index in [4.69, 9.17) is 10.1 Å². The van der Waals surface area contributed by atoms with Crippen molar-refractivity contribution in [3.8, 4) is 0 Å². The molecule has 2 saturated heterocycles. The van der Waals surface area contributed by atoms with Gasteiger partial charge in [0.05, 0.1) is 5.60 Å². The smallest absolute Gasteiger partial charge is 0.0635 e. The number of hydrogen-bond donors (Lipinski definition) is 1. The van der Waals surface area contributed by atoms with Gasteiger partial charge < -0.3 is 10.1 Å². The van der Waals surface area contributed by atoms with Crippen molar-refractivity contribution in [2.75, 3.05) is 19.7 Å². The van der Waals surface area contributed by atoms with Gasteiger partial charge in [0.2, 0.25) is 0 Å². The quantitative estimate of drug-likeness (QED) is 0.825. The third-order valence-electron chi connectivity index (χ3n) is 6.15. The maximum Gasteiger partial charge on any atom is 0.0635 e. The number of rotatable bonds is 4. The molecule has 3 rings (SSSR count). The van der Waals surface area contributed by atoms with Gasteiger partial charge in [-0.3, -0.25) is 4.90 Å². The molecular formula is C21H32N2O. The summed E-state index contributed by atoms with van der Waals surface area (Å²) in [5, 5.41) is 8.51. The summed E-state index contributed by atoms with van der Waals surface area (Å²) in [4.78, 5) is 2.57. The van der Waals surface area contributed by atoms with Gasteiger partial charge in [-0.25, -0.2) is 0 Å². The van der Waals surface area contributed by atoms with E-state index in [0.29, 0.717) is 5.92 Å². The molecule has 3 heteroatoms. The Morgan fingerprint density at radius 3 is 2.46 bits per heavy atom. The van der Waals surface area contributed by atoms with E-state index in [9.17, 15) is 0 Å². The van der Waals surface area contributed by atoms with Crippen LogP contribution in [-0.2, 0) is 11.3 Å². The van der Waals surface area contributed by atoms with Gasteiger partial charge in [-0.15, -0.1) is 0 Å². The summed E-state index contributed by atoms with van der Waals surface area (Å²) >= 11 is 0. The summed E-state index contributed by atoms with van der Waals surface area (Å²) in [6.45, 7) is 10.6. The van der Waals surface area contributed by atoms with E-state index < -0.39 is 0 Å². The summed E-state index contributed by atoms with van der Waals surface area (Å²) in [5.41, 5.74) is 2.24. The van der Waals surface area contributed by atoms with Gasteiger partial charge in [0.25, 0.3) is 0 Å². The lowest BCUT2D eigenvalue weighted by atomic mass is 9.61. The summed E-state index contributed by atoms with van der Waals surface area (Å²) in [7, 11) is 0. The zero-order valence-electron chi connectivity index (χ0n) is 15.5. The van der Waals surface area contributed by atoms with Gasteiger partial charge in [0, 0.05) is 24.3 Å². The number of benzene rings is 1. The van der Waals surface area contributed by atoms with Crippen molar-refractivity contribution in [2.24, 2.45) is 11.3 Å². The van der Waals surface area contributed by atoms with E-state index in [1.807, 2.05) is 6.92 Å². The first-order chi connectivity index (χ1) is 11.4. The molecule has 2 fully saturated rings. The molecule has 0 bridgehead atoms. The van der Waals surface area contributed by atoms with Crippen LogP contribution in [-0.4, -0.2) is 35.9 Å². The lowest BCUT2D eigenvalue weighted by Gasteiger charge is -2.51. The van der Waals surface area contributed by atoms with Crippen LogP contribution in [0, 0.1) is 16.7 Å². The summed E-state index contributed by atoms with van der Waals surface area (Å²) in [6.07, 6.45) is 4.44. The molecule has 0 amide bonds. The monoisotopic (exact) mass is 328 g/mol. The van der Waals surface area contributed by atoms with E-state index >= 15 is 0 Å². The van der Waals surface area contributed by atoms with Gasteiger partial charge >= 0.3 is 0 Å². The Hall–Kier alpha value is -1.19. The van der Waals surface area contributed by atoms with Gasteiger partial charge in [0.15, 0.2) is 0 Å². The number of likely N-dealkylation sites (tertiary alicyclic amines) is 1. The van der Waals surface area contributed by atoms with E-state index in [0.717, 1.165) is 44.8 Å². The van der Waals surface area contributed by atoms with Gasteiger partial charge in [-0.1, -0.05) is 30.3 Å². The largest absolute Gasteiger partial charge is 0.376 e. The van der Waals surface area contributed by atoms with Crippen LogP contribution >= 0.6 is 0 Å². The van der Waals surface area contributed by atoms with Crippen molar-refractivity contribution < 1.29 is 4.74 Å². The molecule has 1 aromatic carbocycles. The molecule has 1 unspecified atom stereocenters. The van der Waals surface area contributed by atoms with Crippen molar-refractivity contribution in [2.45, 2.75) is 58.6 Å². The van der Waals surface area contributed by atoms with Crippen LogP contribution < -0.4 is 0 Å². The molecule has 0 aliphatic carbocycles. The van der Waals surface area contributed by atoms with Crippen LogP contribution in [0.25, 0.3) is 0 Å². The highest BCUT2D eigenvalue weighted by atomic mass is 16.5. The maximum absolute atomic E-state index is 8.51. The molecule has 2 heterocycles. The SMILES string of the molecule is CC(=N)C1(C2CCN(Cc3ccccc3)CC2)CCOC(C)(C)C1. The average Bonchev–Trinajstić information content (AvgIpc) is 2.55. The molecule has 1 N–H and O–H groups in total. The van der Waals surface area contributed by atoms with Crippen LogP contribution in [0.1, 0.15) is 52.0 Å². The van der Waals surface area contributed by atoms with E-state index in [2.05, 4.69) is 49.1 Å². The molecule has 132 valence electrons. The van der Waals surface area contributed by atoms with Crippen molar-refractivity contribution >= 4 is 5.71 Å². The second-order valence-corrected chi connectivity index (χ2v) is 8.35. The molecule has 24 heavy (non-hydrogen) atoms. The van der Waals surface area contributed by atoms with Gasteiger partial charge in [0.1, 0.15) is 0 Å². The number of piperidine rings is 1. The Labute approximate surface area is 146 Å². The fourth-order valence-electron chi connectivity index (χ4n) is 4.87. The first kappa shape index (κ1) is 17.6. The molecule has 1 aromatic rings. The molecular weight excluding hydrogens is 296 g/mol. The van der Waals surface area contributed by atoms with Gasteiger partial charge in [-0.05, 0) is 71.0 Å². The van der Waals surface area contributed by atoms with Crippen LogP contribution in [0.15, 0.2) is 30.3 Å². The minimum absolute atomic E-state index is 0.0561. The van der Waals surface area contributed by atoms with E-state index in [-0.39, 0.29) is 11.0 Å². The standard InChI is InChI=1S/C21H32N2O/c1-17(22)21(11-14-24-20(2,3)16-21)19-9-12-23(13-10-19)15-18-7-5-4-6-8-18/h4-8,19,22H,9-16H2,1-3H3. The highest BCUT2D eigenvalue weighted by molar-refractivity contribution is 5.85. The first-order valence-electron chi connectivity index (χ1n) is 9.37. The first-order valence-corrected chi connectivity index (χ1v) is 9.37. The molecule has 0 aromatic heterocycles. The summed E-state index contributed by atoms with van der Waals surface area (Å²) < 4.78 is 5.95. The van der Waals surface area contributed by atoms with Crippen molar-refractivity contribution in [1.29, 1.82) is 5.41 Å². The lowest BCUT2D eigenvalue weighted by Crippen LogP contribution is -2.51. The van der Waals surface area contributed by atoms with Crippen LogP contribution in [0.2, 0.25) is 0 Å². The van der Waals surface area contributed by atoms with Crippen molar-refractivity contribution in [1.82, 2.24) is 4.90 Å². The predicted octanol–water partition coefficient (Wildman–Crippen LogP) is 4.51. The lowest BCUT2D eigenvalue weighted by molar-refractivity contribution is -0.105. The third kappa shape index (κ3) is 3.73. The van der Waals surface area contributed by atoms with Crippen LogP contribution in [0.5, 0.6) is 0 Å². The Bertz CT molecular complexity index is 560. The second kappa shape index (κ2) is 6.97. The zero-order valence-corrected chi connectivity index (χ0v) is 15.5. The molecule has 0 spiro atoms. The topological polar surface area (TPSA) is 36.3 Å². The molecule has 2 aliphatic heterocycles. The summed E-state index contributed by atoms with van der Waals surface area (Å²) in [6, 6.07) is 10.8. The average molecular weight is 329 g/mol. The van der Waals surface area contributed by atoms with Gasteiger partial charge in [-0.2, -0.15) is 0 Å². The van der Waals surface area contributed by atoms with Crippen LogP contribution in [0.3, 0.4) is 0 Å². The highest BCUT2D eigenvalue weighted by Gasteiger charge is 2.48. The highest BCUT2D eigenvalue weighted by Crippen LogP contribution is 2.48. The number of nitrogens with one attached hydrogen (secondary N) is 1. The number of hydrogen-bond acceptors (Lipinski definition) is 3. The number of nitrogens with zero attached hydrogens (tertiary/aromatic N) is 1. The maximum atomic E-state index is 8.51. The Morgan fingerprint density at radius 2 is 1.88 bits per heavy atom. The normalized spacial score (nSPS) is 28.6. The summed E-state index contributed by atoms with van der Waals surface area (Å²) in [5.74, 6) is 0.630. The molecule has 1 atom stereocenters. The molecule has 2 aliphatic rings. The van der Waals surface area contributed by atoms with Crippen molar-refractivity contribution in [3.05, 3.63) is 35.9 Å². The van der Waals surface area contributed by atoms with Crippen LogP contribution in [0.4, 0.5) is 0 Å². The molecule has 0 radical (unpaired) electrons. The van der Waals surface area contributed by atoms with E-state index in [1.54, 1.807) is 0 Å². The van der Waals surface area contributed by atoms with E-state index in [1.165, 1.54) is 18.4 Å². The fraction of sp³-hybridized carbons (Fsp3) is 0.667. The zero-order chi connectivity index (χ0) is 17.2. The second-order valence-electron chi connectivity index (χ2n) is 8.35. The van der Waals surface area contributed by atoms with Crippen molar-refractivity contribution in [3.63, 3.8) is 0 Å². The Kier molecular flexibility index (Phi) is 5.12. The number of ether oxygens (including phenoxy) is 1. The minimum atomic E-state index is -0.0955. The minimum Gasteiger partial charge on any atom is -0.376 e. The Morgan fingerprint density at radius 1 is 1.21 bits per heavy atom. The Balaban J connectivity index is 1.65. The fourth-order valence-corrected chi connectivity index (χ4v) is 4.87. The predicted molar refractivity (Wildman–Crippen MR) is 99.5 cm³/mol. The molecule has 0 saturated carbocycles. The molecule has 3 nitrogen and oxygen atoms in total.